The molecule has 1 aliphatic heterocycles. The molecule has 2 atom stereocenters. The van der Waals surface area contributed by atoms with Crippen molar-refractivity contribution in [1.29, 1.82) is 0 Å². The molecule has 1 aliphatic rings. The van der Waals surface area contributed by atoms with Gasteiger partial charge in [-0.2, -0.15) is 0 Å². The molecule has 23 heavy (non-hydrogen) atoms. The van der Waals surface area contributed by atoms with Gasteiger partial charge in [-0.15, -0.1) is 0 Å². The van der Waals surface area contributed by atoms with Gasteiger partial charge in [0, 0.05) is 44.8 Å². The van der Waals surface area contributed by atoms with E-state index in [1.165, 1.54) is 0 Å². The normalized spacial score (nSPS) is 19.3. The fourth-order valence-electron chi connectivity index (χ4n) is 2.97. The zero-order chi connectivity index (χ0) is 16.8. The lowest BCUT2D eigenvalue weighted by molar-refractivity contribution is 0.0519. The van der Waals surface area contributed by atoms with Crippen LogP contribution in [0.25, 0.3) is 0 Å². The van der Waals surface area contributed by atoms with Crippen LogP contribution in [0.4, 0.5) is 0 Å². The van der Waals surface area contributed by atoms with Gasteiger partial charge >= 0.3 is 0 Å². The molecular weight excluding hydrogens is 296 g/mol. The molecule has 0 spiro atoms. The van der Waals surface area contributed by atoms with E-state index in [1.807, 2.05) is 25.1 Å². The largest absolute Gasteiger partial charge is 0.497 e. The van der Waals surface area contributed by atoms with Crippen LogP contribution in [0.1, 0.15) is 18.6 Å². The number of aliphatic hydroxyl groups excluding tert-OH is 2. The Balaban J connectivity index is 1.93. The van der Waals surface area contributed by atoms with E-state index >= 15 is 0 Å². The van der Waals surface area contributed by atoms with Crippen molar-refractivity contribution in [2.75, 3.05) is 53.5 Å². The first-order valence-electron chi connectivity index (χ1n) is 8.06. The van der Waals surface area contributed by atoms with Crippen LogP contribution < -0.4 is 9.47 Å². The third kappa shape index (κ3) is 5.07. The van der Waals surface area contributed by atoms with Crippen LogP contribution in [0.5, 0.6) is 11.5 Å². The number of aliphatic hydroxyl groups is 2. The molecule has 6 heteroatoms. The number of methoxy groups -OCH3 is 2. The first-order valence-corrected chi connectivity index (χ1v) is 8.06. The summed E-state index contributed by atoms with van der Waals surface area (Å²) in [6.45, 7) is 6.67. The van der Waals surface area contributed by atoms with Crippen molar-refractivity contribution in [1.82, 2.24) is 9.80 Å². The van der Waals surface area contributed by atoms with Crippen molar-refractivity contribution < 1.29 is 19.7 Å². The summed E-state index contributed by atoms with van der Waals surface area (Å²) in [5.41, 5.74) is 0.748. The minimum atomic E-state index is -0.622. The minimum absolute atomic E-state index is 0.298. The van der Waals surface area contributed by atoms with Crippen LogP contribution in [0.15, 0.2) is 18.2 Å². The maximum atomic E-state index is 10.6. The van der Waals surface area contributed by atoms with Crippen molar-refractivity contribution in [3.05, 3.63) is 23.8 Å². The van der Waals surface area contributed by atoms with Gasteiger partial charge in [0.05, 0.1) is 26.4 Å². The molecule has 2 rings (SSSR count). The highest BCUT2D eigenvalue weighted by Gasteiger charge is 2.22. The van der Waals surface area contributed by atoms with Crippen molar-refractivity contribution in [3.63, 3.8) is 0 Å². The highest BCUT2D eigenvalue weighted by molar-refractivity contribution is 5.41. The van der Waals surface area contributed by atoms with E-state index in [4.69, 9.17) is 9.47 Å². The summed E-state index contributed by atoms with van der Waals surface area (Å²) in [7, 11) is 3.21. The van der Waals surface area contributed by atoms with Gasteiger partial charge in [-0.05, 0) is 25.1 Å². The lowest BCUT2D eigenvalue weighted by atomic mass is 10.1. The van der Waals surface area contributed by atoms with Gasteiger partial charge < -0.3 is 19.7 Å². The Hall–Kier alpha value is -1.34. The van der Waals surface area contributed by atoms with E-state index in [9.17, 15) is 10.2 Å². The zero-order valence-electron chi connectivity index (χ0n) is 14.2. The molecule has 0 saturated carbocycles. The predicted octanol–water partition coefficient (Wildman–Crippen LogP) is 0.736. The second-order valence-electron chi connectivity index (χ2n) is 6.07. The van der Waals surface area contributed by atoms with Crippen molar-refractivity contribution in [2.24, 2.45) is 0 Å². The third-order valence-electron chi connectivity index (χ3n) is 4.21. The first kappa shape index (κ1) is 18.0. The standard InChI is InChI=1S/C17H28N2O4/c1-13(20)11-18-6-8-19(9-7-18)12-16(21)15-10-14(22-2)4-5-17(15)23-3/h4-5,10,13,16,20-21H,6-9,11-12H2,1-3H3/t13-,16+/m1/s1. The average molecular weight is 324 g/mol. The monoisotopic (exact) mass is 324 g/mol. The lowest BCUT2D eigenvalue weighted by Gasteiger charge is -2.36. The molecule has 0 aliphatic carbocycles. The Kier molecular flexibility index (Phi) is 6.65. The number of hydrogen-bond acceptors (Lipinski definition) is 6. The number of piperazine rings is 1. The number of hydrogen-bond donors (Lipinski definition) is 2. The molecular formula is C17H28N2O4. The Bertz CT molecular complexity index is 487. The molecule has 1 saturated heterocycles. The minimum Gasteiger partial charge on any atom is -0.497 e. The fourth-order valence-corrected chi connectivity index (χ4v) is 2.97. The summed E-state index contributed by atoms with van der Waals surface area (Å²) < 4.78 is 10.6. The second kappa shape index (κ2) is 8.49. The number of ether oxygens (including phenoxy) is 2. The number of β-amino-alcohol motifs (C(OH)–C–C–N with tert-alkyl or cyclic N) is 2. The van der Waals surface area contributed by atoms with E-state index in [-0.39, 0.29) is 6.10 Å². The Morgan fingerprint density at radius 3 is 2.13 bits per heavy atom. The van der Waals surface area contributed by atoms with Crippen molar-refractivity contribution in [3.8, 4) is 11.5 Å². The van der Waals surface area contributed by atoms with E-state index < -0.39 is 6.10 Å². The maximum absolute atomic E-state index is 10.6. The molecule has 0 unspecified atom stereocenters. The van der Waals surface area contributed by atoms with E-state index in [0.29, 0.717) is 24.6 Å². The van der Waals surface area contributed by atoms with Gasteiger partial charge in [0.1, 0.15) is 11.5 Å². The quantitative estimate of drug-likeness (QED) is 0.771. The third-order valence-corrected chi connectivity index (χ3v) is 4.21. The number of rotatable bonds is 7. The average Bonchev–Trinajstić information content (AvgIpc) is 2.55. The number of nitrogens with zero attached hydrogens (tertiary/aromatic N) is 2. The molecule has 1 aromatic rings. The van der Waals surface area contributed by atoms with Gasteiger partial charge in [-0.25, -0.2) is 0 Å². The number of benzene rings is 1. The Labute approximate surface area is 138 Å². The summed E-state index contributed by atoms with van der Waals surface area (Å²) in [6.07, 6.45) is -0.920. The summed E-state index contributed by atoms with van der Waals surface area (Å²) in [6, 6.07) is 5.47. The van der Waals surface area contributed by atoms with Gasteiger partial charge in [0.2, 0.25) is 0 Å². The van der Waals surface area contributed by atoms with E-state index in [1.54, 1.807) is 14.2 Å². The predicted molar refractivity (Wildman–Crippen MR) is 89.1 cm³/mol. The van der Waals surface area contributed by atoms with Gasteiger partial charge in [-0.3, -0.25) is 9.80 Å². The second-order valence-corrected chi connectivity index (χ2v) is 6.07. The van der Waals surface area contributed by atoms with Crippen molar-refractivity contribution in [2.45, 2.75) is 19.1 Å². The molecule has 6 nitrogen and oxygen atoms in total. The summed E-state index contributed by atoms with van der Waals surface area (Å²) >= 11 is 0. The van der Waals surface area contributed by atoms with Gasteiger partial charge in [0.25, 0.3) is 0 Å². The van der Waals surface area contributed by atoms with Crippen molar-refractivity contribution >= 4 is 0 Å². The fraction of sp³-hybridized carbons (Fsp3) is 0.647. The summed E-state index contributed by atoms with van der Waals surface area (Å²) in [5, 5.41) is 20.0. The first-order chi connectivity index (χ1) is 11.0. The molecule has 130 valence electrons. The topological polar surface area (TPSA) is 65.4 Å². The van der Waals surface area contributed by atoms with E-state index in [0.717, 1.165) is 31.7 Å². The van der Waals surface area contributed by atoms with Crippen LogP contribution in [0.2, 0.25) is 0 Å². The molecule has 1 heterocycles. The Morgan fingerprint density at radius 1 is 1.00 bits per heavy atom. The zero-order valence-corrected chi connectivity index (χ0v) is 14.2. The molecule has 2 N–H and O–H groups in total. The SMILES string of the molecule is COc1ccc(OC)c([C@@H](O)CN2CCN(C[C@@H](C)O)CC2)c1. The molecule has 0 amide bonds. The highest BCUT2D eigenvalue weighted by Crippen LogP contribution is 2.30. The van der Waals surface area contributed by atoms with Gasteiger partial charge in [-0.1, -0.05) is 0 Å². The van der Waals surface area contributed by atoms with Crippen LogP contribution in [-0.4, -0.2) is 79.6 Å². The molecule has 0 bridgehead atoms. The van der Waals surface area contributed by atoms with Crippen LogP contribution in [-0.2, 0) is 0 Å². The maximum Gasteiger partial charge on any atom is 0.124 e. The lowest BCUT2D eigenvalue weighted by Crippen LogP contribution is -2.49. The summed E-state index contributed by atoms with van der Waals surface area (Å²) in [4.78, 5) is 4.49. The van der Waals surface area contributed by atoms with E-state index in [2.05, 4.69) is 9.80 Å². The van der Waals surface area contributed by atoms with Crippen LogP contribution in [0.3, 0.4) is 0 Å². The molecule has 0 aromatic heterocycles. The molecule has 1 aromatic carbocycles. The highest BCUT2D eigenvalue weighted by atomic mass is 16.5. The smallest absolute Gasteiger partial charge is 0.124 e. The van der Waals surface area contributed by atoms with Gasteiger partial charge in [0.15, 0.2) is 0 Å². The summed E-state index contributed by atoms with van der Waals surface area (Å²) in [5.74, 6) is 1.38. The Morgan fingerprint density at radius 2 is 1.61 bits per heavy atom. The molecule has 1 fully saturated rings. The van der Waals surface area contributed by atoms with Crippen LogP contribution >= 0.6 is 0 Å². The molecule has 0 radical (unpaired) electrons. The van der Waals surface area contributed by atoms with Crippen LogP contribution in [0, 0.1) is 0 Å².